The van der Waals surface area contributed by atoms with Gasteiger partial charge in [0.25, 0.3) is 0 Å². The molecule has 0 unspecified atom stereocenters. The SMILES string of the molecule is COC(=O)[C@@H](Cc1c[nH]c2ccccc12)NC(=O)CCCOc1cccc2ccccc12. The van der Waals surface area contributed by atoms with Gasteiger partial charge in [-0.15, -0.1) is 0 Å². The predicted octanol–water partition coefficient (Wildman–Crippen LogP) is 4.38. The van der Waals surface area contributed by atoms with E-state index in [-0.39, 0.29) is 12.3 Å². The second kappa shape index (κ2) is 10.0. The Balaban J connectivity index is 1.32. The maximum Gasteiger partial charge on any atom is 0.328 e. The van der Waals surface area contributed by atoms with Crippen molar-refractivity contribution in [3.8, 4) is 5.75 Å². The molecular weight excluding hydrogens is 404 g/mol. The summed E-state index contributed by atoms with van der Waals surface area (Å²) in [5, 5.41) is 6.00. The van der Waals surface area contributed by atoms with Crippen LogP contribution in [0, 0.1) is 0 Å². The van der Waals surface area contributed by atoms with Gasteiger partial charge in [0.1, 0.15) is 11.8 Å². The van der Waals surface area contributed by atoms with Gasteiger partial charge in [0, 0.05) is 35.3 Å². The van der Waals surface area contributed by atoms with Gasteiger partial charge in [0.05, 0.1) is 13.7 Å². The van der Waals surface area contributed by atoms with Gasteiger partial charge in [0.2, 0.25) is 5.91 Å². The average molecular weight is 431 g/mol. The van der Waals surface area contributed by atoms with Gasteiger partial charge in [-0.25, -0.2) is 4.79 Å². The summed E-state index contributed by atoms with van der Waals surface area (Å²) in [6.07, 6.45) is 3.02. The normalized spacial score (nSPS) is 11.9. The van der Waals surface area contributed by atoms with Gasteiger partial charge >= 0.3 is 5.97 Å². The van der Waals surface area contributed by atoms with E-state index < -0.39 is 12.0 Å². The Morgan fingerprint density at radius 2 is 1.72 bits per heavy atom. The number of para-hydroxylation sites is 1. The molecule has 1 amide bonds. The summed E-state index contributed by atoms with van der Waals surface area (Å²) in [6, 6.07) is 21.0. The number of nitrogens with one attached hydrogen (secondary N) is 2. The highest BCUT2D eigenvalue weighted by atomic mass is 16.5. The summed E-state index contributed by atoms with van der Waals surface area (Å²) in [5.74, 6) is 0.132. The fraction of sp³-hybridized carbons (Fsp3) is 0.231. The molecule has 6 nitrogen and oxygen atoms in total. The number of H-pyrrole nitrogens is 1. The Hall–Kier alpha value is -3.80. The van der Waals surface area contributed by atoms with E-state index in [1.54, 1.807) is 0 Å². The van der Waals surface area contributed by atoms with Crippen molar-refractivity contribution in [1.82, 2.24) is 10.3 Å². The Labute approximate surface area is 186 Å². The van der Waals surface area contributed by atoms with Crippen LogP contribution in [-0.2, 0) is 20.7 Å². The molecule has 0 fully saturated rings. The molecule has 1 atom stereocenters. The maximum atomic E-state index is 12.5. The van der Waals surface area contributed by atoms with E-state index in [2.05, 4.69) is 10.3 Å². The monoisotopic (exact) mass is 430 g/mol. The van der Waals surface area contributed by atoms with Crippen molar-refractivity contribution in [2.75, 3.05) is 13.7 Å². The topological polar surface area (TPSA) is 80.4 Å². The van der Waals surface area contributed by atoms with Crippen molar-refractivity contribution in [2.45, 2.75) is 25.3 Å². The predicted molar refractivity (Wildman–Crippen MR) is 125 cm³/mol. The molecule has 0 radical (unpaired) electrons. The summed E-state index contributed by atoms with van der Waals surface area (Å²) in [6.45, 7) is 0.409. The highest BCUT2D eigenvalue weighted by molar-refractivity contribution is 5.88. The molecule has 1 aromatic heterocycles. The number of carbonyl (C=O) groups excluding carboxylic acids is 2. The maximum absolute atomic E-state index is 12.5. The molecule has 164 valence electrons. The van der Waals surface area contributed by atoms with Gasteiger partial charge < -0.3 is 19.8 Å². The van der Waals surface area contributed by atoms with E-state index in [1.165, 1.54) is 7.11 Å². The van der Waals surface area contributed by atoms with Crippen molar-refractivity contribution >= 4 is 33.6 Å². The van der Waals surface area contributed by atoms with E-state index >= 15 is 0 Å². The molecule has 32 heavy (non-hydrogen) atoms. The minimum absolute atomic E-state index is 0.207. The van der Waals surface area contributed by atoms with Gasteiger partial charge in [-0.05, 0) is 29.5 Å². The van der Waals surface area contributed by atoms with Crippen LogP contribution in [0.15, 0.2) is 72.9 Å². The Bertz CT molecular complexity index is 1230. The zero-order chi connectivity index (χ0) is 22.3. The van der Waals surface area contributed by atoms with Crippen LogP contribution < -0.4 is 10.1 Å². The molecule has 1 heterocycles. The van der Waals surface area contributed by atoms with Crippen molar-refractivity contribution in [3.05, 3.63) is 78.5 Å². The molecule has 4 rings (SSSR count). The zero-order valence-electron chi connectivity index (χ0n) is 18.0. The zero-order valence-corrected chi connectivity index (χ0v) is 18.0. The first-order chi connectivity index (χ1) is 15.7. The highest BCUT2D eigenvalue weighted by Crippen LogP contribution is 2.25. The number of benzene rings is 3. The fourth-order valence-corrected chi connectivity index (χ4v) is 3.86. The second-order valence-electron chi connectivity index (χ2n) is 7.64. The molecule has 6 heteroatoms. The summed E-state index contributed by atoms with van der Waals surface area (Å²) < 4.78 is 10.8. The third-order valence-corrected chi connectivity index (χ3v) is 5.48. The number of aromatic nitrogens is 1. The van der Waals surface area contributed by atoms with E-state index in [0.717, 1.165) is 33.0 Å². The van der Waals surface area contributed by atoms with Gasteiger partial charge in [-0.2, -0.15) is 0 Å². The van der Waals surface area contributed by atoms with Crippen molar-refractivity contribution in [1.29, 1.82) is 0 Å². The third kappa shape index (κ3) is 4.91. The van der Waals surface area contributed by atoms with Crippen LogP contribution in [0.4, 0.5) is 0 Å². The van der Waals surface area contributed by atoms with E-state index in [9.17, 15) is 9.59 Å². The van der Waals surface area contributed by atoms with Crippen LogP contribution in [0.1, 0.15) is 18.4 Å². The molecule has 4 aromatic rings. The Morgan fingerprint density at radius 1 is 0.969 bits per heavy atom. The largest absolute Gasteiger partial charge is 0.493 e. The third-order valence-electron chi connectivity index (χ3n) is 5.48. The number of fused-ring (bicyclic) bond motifs is 2. The molecule has 0 aliphatic rings. The van der Waals surface area contributed by atoms with Crippen LogP contribution in [0.5, 0.6) is 5.75 Å². The standard InChI is InChI=1S/C26H26N2O4/c1-31-26(30)23(16-19-17-27-22-12-5-4-10-20(19)22)28-25(29)14-7-15-32-24-13-6-9-18-8-2-3-11-21(18)24/h2-6,8-13,17,23,27H,7,14-16H2,1H3,(H,28,29)/t23-/m1/s1. The number of hydrogen-bond donors (Lipinski definition) is 2. The van der Waals surface area contributed by atoms with Crippen molar-refractivity contribution in [3.63, 3.8) is 0 Å². The highest BCUT2D eigenvalue weighted by Gasteiger charge is 2.23. The molecule has 3 aromatic carbocycles. The van der Waals surface area contributed by atoms with Crippen molar-refractivity contribution < 1.29 is 19.1 Å². The van der Waals surface area contributed by atoms with Crippen LogP contribution in [0.2, 0.25) is 0 Å². The molecule has 0 saturated carbocycles. The van der Waals surface area contributed by atoms with Crippen LogP contribution in [0.3, 0.4) is 0 Å². The summed E-state index contributed by atoms with van der Waals surface area (Å²) in [5.41, 5.74) is 1.94. The number of esters is 1. The molecule has 2 N–H and O–H groups in total. The quantitative estimate of drug-likeness (QED) is 0.305. The van der Waals surface area contributed by atoms with Gasteiger partial charge in [-0.1, -0.05) is 54.6 Å². The molecule has 0 bridgehead atoms. The lowest BCUT2D eigenvalue weighted by atomic mass is 10.0. The lowest BCUT2D eigenvalue weighted by Gasteiger charge is -2.16. The lowest BCUT2D eigenvalue weighted by Crippen LogP contribution is -2.43. The number of aromatic amines is 1. The fourth-order valence-electron chi connectivity index (χ4n) is 3.86. The molecule has 0 saturated heterocycles. The smallest absolute Gasteiger partial charge is 0.328 e. The number of rotatable bonds is 9. The van der Waals surface area contributed by atoms with Crippen molar-refractivity contribution in [2.24, 2.45) is 0 Å². The lowest BCUT2D eigenvalue weighted by molar-refractivity contribution is -0.145. The molecular formula is C26H26N2O4. The first-order valence-corrected chi connectivity index (χ1v) is 10.7. The number of ether oxygens (including phenoxy) is 2. The number of hydrogen-bond acceptors (Lipinski definition) is 4. The number of carbonyl (C=O) groups is 2. The summed E-state index contributed by atoms with van der Waals surface area (Å²) in [7, 11) is 1.33. The first kappa shape index (κ1) is 21.4. The molecule has 0 aliphatic heterocycles. The molecule has 0 aliphatic carbocycles. The summed E-state index contributed by atoms with van der Waals surface area (Å²) in [4.78, 5) is 28.0. The van der Waals surface area contributed by atoms with Crippen LogP contribution in [-0.4, -0.2) is 36.6 Å². The van der Waals surface area contributed by atoms with Gasteiger partial charge in [0.15, 0.2) is 0 Å². The number of methoxy groups -OCH3 is 1. The first-order valence-electron chi connectivity index (χ1n) is 10.7. The van der Waals surface area contributed by atoms with Crippen LogP contribution >= 0.6 is 0 Å². The Morgan fingerprint density at radius 3 is 2.56 bits per heavy atom. The van der Waals surface area contributed by atoms with Gasteiger partial charge in [-0.3, -0.25) is 4.79 Å². The Kier molecular flexibility index (Phi) is 6.70. The minimum Gasteiger partial charge on any atom is -0.493 e. The summed E-state index contributed by atoms with van der Waals surface area (Å²) >= 11 is 0. The average Bonchev–Trinajstić information content (AvgIpc) is 3.24. The van der Waals surface area contributed by atoms with E-state index in [4.69, 9.17) is 9.47 Å². The molecule has 0 spiro atoms. The van der Waals surface area contributed by atoms with Crippen LogP contribution in [0.25, 0.3) is 21.7 Å². The van der Waals surface area contributed by atoms with E-state index in [0.29, 0.717) is 19.4 Å². The second-order valence-corrected chi connectivity index (χ2v) is 7.64. The number of amides is 1. The van der Waals surface area contributed by atoms with E-state index in [1.807, 2.05) is 72.9 Å². The minimum atomic E-state index is -0.745.